The summed E-state index contributed by atoms with van der Waals surface area (Å²) in [6.07, 6.45) is 4.95. The Labute approximate surface area is 109 Å². The first-order chi connectivity index (χ1) is 8.59. The van der Waals surface area contributed by atoms with Crippen molar-refractivity contribution in [1.82, 2.24) is 5.32 Å². The zero-order valence-corrected chi connectivity index (χ0v) is 11.0. The molecule has 0 aliphatic heterocycles. The van der Waals surface area contributed by atoms with Gasteiger partial charge in [-0.1, -0.05) is 43.2 Å². The molecule has 1 aliphatic rings. The number of nitrogens with one attached hydrogen (secondary N) is 1. The van der Waals surface area contributed by atoms with Crippen LogP contribution in [0.15, 0.2) is 30.3 Å². The van der Waals surface area contributed by atoms with E-state index in [9.17, 15) is 4.79 Å². The van der Waals surface area contributed by atoms with Crippen molar-refractivity contribution in [3.05, 3.63) is 35.9 Å². The number of hydrogen-bond acceptors (Lipinski definition) is 2. The molecule has 3 heteroatoms. The van der Waals surface area contributed by atoms with Gasteiger partial charge in [0, 0.05) is 18.0 Å². The number of carbonyl (C=O) groups is 1. The summed E-state index contributed by atoms with van der Waals surface area (Å²) in [6, 6.07) is 9.58. The lowest BCUT2D eigenvalue weighted by Gasteiger charge is -2.26. The molecule has 1 saturated carbocycles. The molecule has 3 N–H and O–H groups in total. The van der Waals surface area contributed by atoms with E-state index in [1.165, 1.54) is 12.8 Å². The van der Waals surface area contributed by atoms with Crippen molar-refractivity contribution in [2.45, 2.75) is 50.6 Å². The number of rotatable bonds is 4. The van der Waals surface area contributed by atoms with Crippen molar-refractivity contribution in [1.29, 1.82) is 0 Å². The third-order valence-corrected chi connectivity index (χ3v) is 3.78. The summed E-state index contributed by atoms with van der Waals surface area (Å²) in [4.78, 5) is 12.0. The fourth-order valence-electron chi connectivity index (χ4n) is 2.69. The maximum Gasteiger partial charge on any atom is 0.222 e. The summed E-state index contributed by atoms with van der Waals surface area (Å²) in [5.74, 6) is 0.0655. The SMILES string of the molecule is CC1(NC(=O)CC(N)c2ccccc2)CCCC1. The lowest BCUT2D eigenvalue weighted by molar-refractivity contribution is -0.123. The molecule has 1 aliphatic carbocycles. The topological polar surface area (TPSA) is 55.1 Å². The Kier molecular flexibility index (Phi) is 4.02. The second kappa shape index (κ2) is 5.53. The maximum absolute atomic E-state index is 12.0. The Bertz CT molecular complexity index is 396. The molecule has 1 aromatic rings. The highest BCUT2D eigenvalue weighted by Gasteiger charge is 2.30. The van der Waals surface area contributed by atoms with Crippen molar-refractivity contribution in [2.24, 2.45) is 5.73 Å². The molecular formula is C15H22N2O. The Morgan fingerprint density at radius 3 is 2.56 bits per heavy atom. The predicted octanol–water partition coefficient (Wildman–Crippen LogP) is 2.53. The van der Waals surface area contributed by atoms with Crippen LogP contribution in [0.3, 0.4) is 0 Å². The third-order valence-electron chi connectivity index (χ3n) is 3.78. The summed E-state index contributed by atoms with van der Waals surface area (Å²) in [5, 5.41) is 3.14. The van der Waals surface area contributed by atoms with Crippen LogP contribution in [0.5, 0.6) is 0 Å². The van der Waals surface area contributed by atoms with Gasteiger partial charge in [-0.15, -0.1) is 0 Å². The second-order valence-corrected chi connectivity index (χ2v) is 5.54. The number of carbonyl (C=O) groups excluding carboxylic acids is 1. The van der Waals surface area contributed by atoms with Gasteiger partial charge < -0.3 is 11.1 Å². The number of amides is 1. The van der Waals surface area contributed by atoms with Gasteiger partial charge in [-0.3, -0.25) is 4.79 Å². The van der Waals surface area contributed by atoms with Crippen LogP contribution >= 0.6 is 0 Å². The van der Waals surface area contributed by atoms with Gasteiger partial charge in [0.05, 0.1) is 0 Å². The van der Waals surface area contributed by atoms with Gasteiger partial charge in [0.25, 0.3) is 0 Å². The molecule has 1 amide bonds. The average molecular weight is 246 g/mol. The molecule has 3 nitrogen and oxygen atoms in total. The van der Waals surface area contributed by atoms with Crippen LogP contribution in [0, 0.1) is 0 Å². The van der Waals surface area contributed by atoms with Gasteiger partial charge in [0.1, 0.15) is 0 Å². The van der Waals surface area contributed by atoms with E-state index < -0.39 is 0 Å². The largest absolute Gasteiger partial charge is 0.351 e. The zero-order valence-electron chi connectivity index (χ0n) is 11.0. The van der Waals surface area contributed by atoms with Crippen molar-refractivity contribution >= 4 is 5.91 Å². The minimum absolute atomic E-state index is 0.00646. The minimum Gasteiger partial charge on any atom is -0.351 e. The highest BCUT2D eigenvalue weighted by molar-refractivity contribution is 5.77. The monoisotopic (exact) mass is 246 g/mol. The molecule has 0 bridgehead atoms. The van der Waals surface area contributed by atoms with Crippen LogP contribution in [0.4, 0.5) is 0 Å². The first kappa shape index (κ1) is 13.1. The quantitative estimate of drug-likeness (QED) is 0.857. The first-order valence-electron chi connectivity index (χ1n) is 6.71. The molecule has 98 valence electrons. The smallest absolute Gasteiger partial charge is 0.222 e. The standard InChI is InChI=1S/C15H22N2O/c1-15(9-5-6-10-15)17-14(18)11-13(16)12-7-3-2-4-8-12/h2-4,7-8,13H,5-6,9-11,16H2,1H3,(H,17,18). The fraction of sp³-hybridized carbons (Fsp3) is 0.533. The normalized spacial score (nSPS) is 19.4. The molecule has 1 aromatic carbocycles. The molecule has 0 aromatic heterocycles. The van der Waals surface area contributed by atoms with Gasteiger partial charge in [-0.05, 0) is 25.3 Å². The molecule has 0 radical (unpaired) electrons. The molecule has 0 spiro atoms. The number of hydrogen-bond donors (Lipinski definition) is 2. The van der Waals surface area contributed by atoms with Crippen LogP contribution in [-0.2, 0) is 4.79 Å². The Morgan fingerprint density at radius 1 is 1.33 bits per heavy atom. The zero-order chi connectivity index (χ0) is 13.0. The van der Waals surface area contributed by atoms with E-state index in [0.29, 0.717) is 6.42 Å². The highest BCUT2D eigenvalue weighted by Crippen LogP contribution is 2.29. The maximum atomic E-state index is 12.0. The lowest BCUT2D eigenvalue weighted by Crippen LogP contribution is -2.44. The van der Waals surface area contributed by atoms with Gasteiger partial charge in [0.15, 0.2) is 0 Å². The molecular weight excluding hydrogens is 224 g/mol. The summed E-state index contributed by atoms with van der Waals surface area (Å²) in [5.41, 5.74) is 7.06. The van der Waals surface area contributed by atoms with Gasteiger partial charge >= 0.3 is 0 Å². The third kappa shape index (κ3) is 3.33. The molecule has 0 heterocycles. The van der Waals surface area contributed by atoms with E-state index in [0.717, 1.165) is 18.4 Å². The van der Waals surface area contributed by atoms with E-state index in [1.807, 2.05) is 30.3 Å². The van der Waals surface area contributed by atoms with Crippen LogP contribution < -0.4 is 11.1 Å². The average Bonchev–Trinajstić information content (AvgIpc) is 2.76. The highest BCUT2D eigenvalue weighted by atomic mass is 16.1. The van der Waals surface area contributed by atoms with Crippen LogP contribution in [0.2, 0.25) is 0 Å². The van der Waals surface area contributed by atoms with E-state index >= 15 is 0 Å². The van der Waals surface area contributed by atoms with Gasteiger partial charge in [0.2, 0.25) is 5.91 Å². The fourth-order valence-corrected chi connectivity index (χ4v) is 2.69. The summed E-state index contributed by atoms with van der Waals surface area (Å²) < 4.78 is 0. The first-order valence-corrected chi connectivity index (χ1v) is 6.71. The van der Waals surface area contributed by atoms with Crippen LogP contribution in [0.1, 0.15) is 50.6 Å². The van der Waals surface area contributed by atoms with Crippen molar-refractivity contribution in [2.75, 3.05) is 0 Å². The molecule has 1 fully saturated rings. The summed E-state index contributed by atoms with van der Waals surface area (Å²) in [7, 11) is 0. The second-order valence-electron chi connectivity index (χ2n) is 5.54. The molecule has 1 unspecified atom stereocenters. The Hall–Kier alpha value is -1.35. The van der Waals surface area contributed by atoms with Crippen molar-refractivity contribution < 1.29 is 4.79 Å². The molecule has 2 rings (SSSR count). The van der Waals surface area contributed by atoms with E-state index in [-0.39, 0.29) is 17.5 Å². The van der Waals surface area contributed by atoms with Crippen molar-refractivity contribution in [3.8, 4) is 0 Å². The lowest BCUT2D eigenvalue weighted by atomic mass is 9.99. The Morgan fingerprint density at radius 2 is 1.94 bits per heavy atom. The number of benzene rings is 1. The van der Waals surface area contributed by atoms with E-state index in [1.54, 1.807) is 0 Å². The summed E-state index contributed by atoms with van der Waals surface area (Å²) in [6.45, 7) is 2.13. The molecule has 18 heavy (non-hydrogen) atoms. The van der Waals surface area contributed by atoms with E-state index in [2.05, 4.69) is 12.2 Å². The van der Waals surface area contributed by atoms with Crippen LogP contribution in [0.25, 0.3) is 0 Å². The van der Waals surface area contributed by atoms with E-state index in [4.69, 9.17) is 5.73 Å². The number of nitrogens with two attached hydrogens (primary N) is 1. The van der Waals surface area contributed by atoms with Crippen LogP contribution in [-0.4, -0.2) is 11.4 Å². The van der Waals surface area contributed by atoms with Crippen molar-refractivity contribution in [3.63, 3.8) is 0 Å². The minimum atomic E-state index is -0.212. The molecule has 1 atom stereocenters. The summed E-state index contributed by atoms with van der Waals surface area (Å²) >= 11 is 0. The van der Waals surface area contributed by atoms with Gasteiger partial charge in [-0.25, -0.2) is 0 Å². The predicted molar refractivity (Wildman–Crippen MR) is 73.0 cm³/mol. The Balaban J connectivity index is 1.88. The van der Waals surface area contributed by atoms with Gasteiger partial charge in [-0.2, -0.15) is 0 Å². The molecule has 0 saturated heterocycles.